The lowest BCUT2D eigenvalue weighted by Gasteiger charge is -2.20. The molecular weight excluding hydrogens is 250 g/mol. The predicted molar refractivity (Wildman–Crippen MR) is 78.8 cm³/mol. The quantitative estimate of drug-likeness (QED) is 0.794. The molecule has 0 amide bonds. The molecule has 0 heterocycles. The van der Waals surface area contributed by atoms with Crippen molar-refractivity contribution in [1.82, 2.24) is 5.32 Å². The fourth-order valence-corrected chi connectivity index (χ4v) is 2.17. The van der Waals surface area contributed by atoms with E-state index in [1.54, 1.807) is 11.8 Å². The summed E-state index contributed by atoms with van der Waals surface area (Å²) in [4.78, 5) is 1.24. The van der Waals surface area contributed by atoms with Crippen LogP contribution in [0.1, 0.15) is 26.3 Å². The SMILES string of the molecule is C=C(Cl)CSc1cccc(CNC(C)(C)C)c1. The monoisotopic (exact) mass is 269 g/mol. The third-order valence-electron chi connectivity index (χ3n) is 2.12. The van der Waals surface area contributed by atoms with Gasteiger partial charge in [-0.3, -0.25) is 0 Å². The topological polar surface area (TPSA) is 12.0 Å². The molecule has 94 valence electrons. The highest BCUT2D eigenvalue weighted by molar-refractivity contribution is 7.99. The highest BCUT2D eigenvalue weighted by atomic mass is 35.5. The van der Waals surface area contributed by atoms with E-state index in [-0.39, 0.29) is 5.54 Å². The van der Waals surface area contributed by atoms with Crippen LogP contribution in [0.15, 0.2) is 40.8 Å². The van der Waals surface area contributed by atoms with Crippen molar-refractivity contribution in [2.45, 2.75) is 37.8 Å². The van der Waals surface area contributed by atoms with Gasteiger partial charge in [-0.15, -0.1) is 11.8 Å². The van der Waals surface area contributed by atoms with Crippen LogP contribution in [0.4, 0.5) is 0 Å². The van der Waals surface area contributed by atoms with E-state index in [0.29, 0.717) is 5.03 Å². The number of benzene rings is 1. The second-order valence-electron chi connectivity index (χ2n) is 5.06. The summed E-state index contributed by atoms with van der Waals surface area (Å²) in [7, 11) is 0. The highest BCUT2D eigenvalue weighted by Crippen LogP contribution is 2.22. The van der Waals surface area contributed by atoms with Crippen molar-refractivity contribution < 1.29 is 0 Å². The maximum Gasteiger partial charge on any atom is 0.0334 e. The van der Waals surface area contributed by atoms with Gasteiger partial charge in [0, 0.05) is 27.8 Å². The van der Waals surface area contributed by atoms with Crippen molar-refractivity contribution in [3.8, 4) is 0 Å². The molecule has 0 saturated carbocycles. The lowest BCUT2D eigenvalue weighted by molar-refractivity contribution is 0.424. The van der Waals surface area contributed by atoms with Crippen molar-refractivity contribution in [1.29, 1.82) is 0 Å². The second-order valence-corrected chi connectivity index (χ2v) is 6.64. The molecular formula is C14H20ClNS. The van der Waals surface area contributed by atoms with Crippen LogP contribution < -0.4 is 5.32 Å². The third-order valence-corrected chi connectivity index (χ3v) is 3.49. The minimum Gasteiger partial charge on any atom is -0.308 e. The Morgan fingerprint density at radius 1 is 1.41 bits per heavy atom. The third kappa shape index (κ3) is 6.77. The Labute approximate surface area is 114 Å². The molecule has 1 aromatic rings. The Bertz CT molecular complexity index is 382. The van der Waals surface area contributed by atoms with E-state index in [4.69, 9.17) is 11.6 Å². The molecule has 1 aromatic carbocycles. The van der Waals surface area contributed by atoms with Crippen molar-refractivity contribution in [2.75, 3.05) is 5.75 Å². The summed E-state index contributed by atoms with van der Waals surface area (Å²) in [5, 5.41) is 4.17. The van der Waals surface area contributed by atoms with Gasteiger partial charge in [0.05, 0.1) is 0 Å². The standard InChI is InChI=1S/C14H20ClNS/c1-11(15)10-17-13-7-5-6-12(8-13)9-16-14(2,3)4/h5-8,16H,1,9-10H2,2-4H3. The Morgan fingerprint density at radius 2 is 2.12 bits per heavy atom. The van der Waals surface area contributed by atoms with Crippen LogP contribution in [-0.2, 0) is 6.54 Å². The largest absolute Gasteiger partial charge is 0.308 e. The summed E-state index contributed by atoms with van der Waals surface area (Å²) in [6.45, 7) is 11.1. The van der Waals surface area contributed by atoms with E-state index >= 15 is 0 Å². The molecule has 0 atom stereocenters. The smallest absolute Gasteiger partial charge is 0.0334 e. The van der Waals surface area contributed by atoms with Gasteiger partial charge in [0.1, 0.15) is 0 Å². The fourth-order valence-electron chi connectivity index (χ4n) is 1.27. The molecule has 17 heavy (non-hydrogen) atoms. The molecule has 3 heteroatoms. The van der Waals surface area contributed by atoms with Crippen molar-refractivity contribution in [3.05, 3.63) is 41.4 Å². The summed E-state index contributed by atoms with van der Waals surface area (Å²) >= 11 is 7.48. The Morgan fingerprint density at radius 3 is 2.71 bits per heavy atom. The first kappa shape index (κ1) is 14.6. The summed E-state index contributed by atoms with van der Waals surface area (Å²) in [5.41, 5.74) is 1.44. The average Bonchev–Trinajstić information content (AvgIpc) is 2.23. The fraction of sp³-hybridized carbons (Fsp3) is 0.429. The first-order valence-corrected chi connectivity index (χ1v) is 7.03. The number of halogens is 1. The number of hydrogen-bond acceptors (Lipinski definition) is 2. The number of thioether (sulfide) groups is 1. The van der Waals surface area contributed by atoms with Crippen LogP contribution in [-0.4, -0.2) is 11.3 Å². The molecule has 0 aliphatic carbocycles. The molecule has 0 spiro atoms. The lowest BCUT2D eigenvalue weighted by atomic mass is 10.1. The Hall–Kier alpha value is -0.440. The minimum absolute atomic E-state index is 0.146. The van der Waals surface area contributed by atoms with E-state index in [0.717, 1.165) is 12.3 Å². The normalized spacial score (nSPS) is 11.5. The van der Waals surface area contributed by atoms with E-state index < -0.39 is 0 Å². The zero-order valence-corrected chi connectivity index (χ0v) is 12.3. The zero-order valence-electron chi connectivity index (χ0n) is 10.7. The van der Waals surface area contributed by atoms with Gasteiger partial charge in [-0.25, -0.2) is 0 Å². The number of rotatable bonds is 5. The molecule has 0 bridgehead atoms. The highest BCUT2D eigenvalue weighted by Gasteiger charge is 2.08. The molecule has 0 radical (unpaired) electrons. The maximum atomic E-state index is 5.76. The van der Waals surface area contributed by atoms with Gasteiger partial charge in [-0.2, -0.15) is 0 Å². The van der Waals surface area contributed by atoms with Gasteiger partial charge < -0.3 is 5.32 Å². The van der Waals surface area contributed by atoms with Crippen molar-refractivity contribution in [2.24, 2.45) is 0 Å². The van der Waals surface area contributed by atoms with Crippen molar-refractivity contribution in [3.63, 3.8) is 0 Å². The summed E-state index contributed by atoms with van der Waals surface area (Å²) in [6, 6.07) is 8.52. The lowest BCUT2D eigenvalue weighted by Crippen LogP contribution is -2.35. The van der Waals surface area contributed by atoms with Crippen LogP contribution >= 0.6 is 23.4 Å². The zero-order chi connectivity index (χ0) is 12.9. The van der Waals surface area contributed by atoms with Gasteiger partial charge >= 0.3 is 0 Å². The molecule has 1 nitrogen and oxygen atoms in total. The first-order valence-electron chi connectivity index (χ1n) is 5.67. The van der Waals surface area contributed by atoms with Crippen LogP contribution in [0.25, 0.3) is 0 Å². The second kappa shape index (κ2) is 6.48. The summed E-state index contributed by atoms with van der Waals surface area (Å²) < 4.78 is 0. The van der Waals surface area contributed by atoms with Crippen molar-refractivity contribution >= 4 is 23.4 Å². The van der Waals surface area contributed by atoms with Crippen LogP contribution in [0.3, 0.4) is 0 Å². The van der Waals surface area contributed by atoms with Crippen LogP contribution in [0.2, 0.25) is 0 Å². The number of nitrogens with one attached hydrogen (secondary N) is 1. The maximum absolute atomic E-state index is 5.76. The van der Waals surface area contributed by atoms with E-state index in [1.807, 2.05) is 0 Å². The van der Waals surface area contributed by atoms with Crippen LogP contribution in [0.5, 0.6) is 0 Å². The predicted octanol–water partition coefficient (Wildman–Crippen LogP) is 4.42. The Kier molecular flexibility index (Phi) is 5.57. The molecule has 0 aliphatic rings. The minimum atomic E-state index is 0.146. The average molecular weight is 270 g/mol. The summed E-state index contributed by atoms with van der Waals surface area (Å²) in [6.07, 6.45) is 0. The van der Waals surface area contributed by atoms with Gasteiger partial charge in [0.25, 0.3) is 0 Å². The van der Waals surface area contributed by atoms with E-state index in [2.05, 4.69) is 56.9 Å². The van der Waals surface area contributed by atoms with Gasteiger partial charge in [-0.1, -0.05) is 30.3 Å². The first-order chi connectivity index (χ1) is 7.87. The van der Waals surface area contributed by atoms with E-state index in [9.17, 15) is 0 Å². The van der Waals surface area contributed by atoms with Gasteiger partial charge in [0.15, 0.2) is 0 Å². The molecule has 0 unspecified atom stereocenters. The molecule has 0 saturated heterocycles. The van der Waals surface area contributed by atoms with Gasteiger partial charge in [0.2, 0.25) is 0 Å². The molecule has 0 aliphatic heterocycles. The van der Waals surface area contributed by atoms with Crippen LogP contribution in [0, 0.1) is 0 Å². The van der Waals surface area contributed by atoms with E-state index in [1.165, 1.54) is 10.5 Å². The molecule has 1 rings (SSSR count). The molecule has 0 fully saturated rings. The number of hydrogen-bond donors (Lipinski definition) is 1. The van der Waals surface area contributed by atoms with Gasteiger partial charge in [-0.05, 0) is 38.5 Å². The Balaban J connectivity index is 2.56. The molecule has 0 aromatic heterocycles. The summed E-state index contributed by atoms with van der Waals surface area (Å²) in [5.74, 6) is 0.762. The molecule has 1 N–H and O–H groups in total.